The van der Waals surface area contributed by atoms with Gasteiger partial charge < -0.3 is 9.67 Å². The second-order valence-corrected chi connectivity index (χ2v) is 6.92. The number of carbonyl (C=O) groups is 1. The summed E-state index contributed by atoms with van der Waals surface area (Å²) in [6.07, 6.45) is 3.41. The molecule has 0 fully saturated rings. The summed E-state index contributed by atoms with van der Waals surface area (Å²) in [4.78, 5) is 17.0. The molecule has 0 aliphatic heterocycles. The van der Waals surface area contributed by atoms with Crippen LogP contribution in [0.15, 0.2) is 48.5 Å². The summed E-state index contributed by atoms with van der Waals surface area (Å²) in [5.74, 6) is 0.176. The van der Waals surface area contributed by atoms with Crippen LogP contribution in [-0.2, 0) is 4.79 Å². The molecule has 29 heavy (non-hydrogen) atoms. The van der Waals surface area contributed by atoms with E-state index in [2.05, 4.69) is 27.5 Å². The van der Waals surface area contributed by atoms with Crippen molar-refractivity contribution in [3.05, 3.63) is 48.5 Å². The van der Waals surface area contributed by atoms with Crippen LogP contribution in [0.2, 0.25) is 0 Å². The number of benzene rings is 2. The van der Waals surface area contributed by atoms with E-state index in [0.717, 1.165) is 41.4 Å². The molecule has 1 unspecified atom stereocenters. The van der Waals surface area contributed by atoms with Gasteiger partial charge in [0.15, 0.2) is 0 Å². The highest BCUT2D eigenvalue weighted by atomic mass is 16.4. The lowest BCUT2D eigenvalue weighted by Crippen LogP contribution is -2.20. The van der Waals surface area contributed by atoms with Crippen molar-refractivity contribution in [3.63, 3.8) is 0 Å². The maximum Gasteiger partial charge on any atom is 0.326 e. The Morgan fingerprint density at radius 3 is 2.59 bits per heavy atom. The van der Waals surface area contributed by atoms with Gasteiger partial charge in [-0.1, -0.05) is 62.6 Å². The van der Waals surface area contributed by atoms with Crippen molar-refractivity contribution >= 4 is 17.0 Å². The van der Waals surface area contributed by atoms with Crippen LogP contribution >= 0.6 is 0 Å². The van der Waals surface area contributed by atoms with Gasteiger partial charge in [0.2, 0.25) is 5.82 Å². The third kappa shape index (κ3) is 3.61. The number of H-pyrrole nitrogens is 1. The van der Waals surface area contributed by atoms with Gasteiger partial charge in [0.05, 0.1) is 11.0 Å². The predicted molar refractivity (Wildman–Crippen MR) is 109 cm³/mol. The Labute approximate surface area is 167 Å². The lowest BCUT2D eigenvalue weighted by atomic mass is 10.0. The van der Waals surface area contributed by atoms with Crippen LogP contribution in [0.5, 0.6) is 0 Å². The SMILES string of the molecule is CCCCCC(C(=O)O)n1c(-c2ccccc2-c2nn[nH]n2)nc2ccccc21. The number of rotatable bonds is 8. The van der Waals surface area contributed by atoms with E-state index < -0.39 is 12.0 Å². The Kier molecular flexibility index (Phi) is 5.33. The molecule has 2 heterocycles. The molecule has 0 aliphatic rings. The van der Waals surface area contributed by atoms with Gasteiger partial charge in [-0.05, 0) is 23.8 Å². The second kappa shape index (κ2) is 8.22. The van der Waals surface area contributed by atoms with Crippen molar-refractivity contribution in [1.82, 2.24) is 30.2 Å². The quantitative estimate of drug-likeness (QED) is 0.439. The minimum absolute atomic E-state index is 0.442. The summed E-state index contributed by atoms with van der Waals surface area (Å²) in [6, 6.07) is 14.5. The lowest BCUT2D eigenvalue weighted by Gasteiger charge is -2.19. The van der Waals surface area contributed by atoms with Gasteiger partial charge in [-0.25, -0.2) is 9.78 Å². The van der Waals surface area contributed by atoms with Gasteiger partial charge in [0, 0.05) is 11.1 Å². The number of carboxylic acids is 1. The number of hydrogen-bond donors (Lipinski definition) is 2. The first-order valence-corrected chi connectivity index (χ1v) is 9.73. The fraction of sp³-hybridized carbons (Fsp3) is 0.286. The van der Waals surface area contributed by atoms with E-state index in [1.807, 2.05) is 53.1 Å². The van der Waals surface area contributed by atoms with E-state index in [1.54, 1.807) is 0 Å². The molecule has 0 radical (unpaired) electrons. The van der Waals surface area contributed by atoms with Crippen LogP contribution in [0.1, 0.15) is 38.6 Å². The summed E-state index contributed by atoms with van der Waals surface area (Å²) in [6.45, 7) is 2.11. The minimum atomic E-state index is -0.859. The van der Waals surface area contributed by atoms with E-state index in [9.17, 15) is 9.90 Å². The first kappa shape index (κ1) is 18.8. The molecule has 4 aromatic rings. The predicted octanol–water partition coefficient (Wildman–Crippen LogP) is 4.09. The molecule has 2 aromatic heterocycles. The van der Waals surface area contributed by atoms with Crippen LogP contribution in [0.3, 0.4) is 0 Å². The van der Waals surface area contributed by atoms with Crippen molar-refractivity contribution in [2.75, 3.05) is 0 Å². The van der Waals surface area contributed by atoms with Crippen molar-refractivity contribution < 1.29 is 9.90 Å². The topological polar surface area (TPSA) is 110 Å². The molecule has 0 spiro atoms. The molecule has 8 nitrogen and oxygen atoms in total. The molecular formula is C21H22N6O2. The summed E-state index contributed by atoms with van der Waals surface area (Å²) in [5, 5.41) is 24.4. The van der Waals surface area contributed by atoms with Gasteiger partial charge >= 0.3 is 5.97 Å². The summed E-state index contributed by atoms with van der Waals surface area (Å²) in [7, 11) is 0. The monoisotopic (exact) mass is 390 g/mol. The normalized spacial score (nSPS) is 12.3. The number of hydrogen-bond acceptors (Lipinski definition) is 5. The molecule has 148 valence electrons. The molecule has 0 amide bonds. The second-order valence-electron chi connectivity index (χ2n) is 6.92. The maximum atomic E-state index is 12.2. The number of tetrazole rings is 1. The van der Waals surface area contributed by atoms with Crippen LogP contribution in [0.4, 0.5) is 0 Å². The Balaban J connectivity index is 1.93. The smallest absolute Gasteiger partial charge is 0.326 e. The highest BCUT2D eigenvalue weighted by Gasteiger charge is 2.27. The van der Waals surface area contributed by atoms with Crippen molar-refractivity contribution in [1.29, 1.82) is 0 Å². The van der Waals surface area contributed by atoms with E-state index in [0.29, 0.717) is 18.1 Å². The average molecular weight is 390 g/mol. The third-order valence-electron chi connectivity index (χ3n) is 5.03. The van der Waals surface area contributed by atoms with E-state index in [4.69, 9.17) is 4.98 Å². The molecule has 1 atom stereocenters. The number of aromatic amines is 1. The zero-order chi connectivity index (χ0) is 20.2. The molecule has 4 rings (SSSR count). The van der Waals surface area contributed by atoms with E-state index in [-0.39, 0.29) is 0 Å². The van der Waals surface area contributed by atoms with Crippen LogP contribution in [0.25, 0.3) is 33.8 Å². The Morgan fingerprint density at radius 1 is 1.10 bits per heavy atom. The largest absolute Gasteiger partial charge is 0.480 e. The van der Waals surface area contributed by atoms with Crippen LogP contribution < -0.4 is 0 Å². The fourth-order valence-corrected chi connectivity index (χ4v) is 3.65. The van der Waals surface area contributed by atoms with Crippen LogP contribution in [0, 0.1) is 0 Å². The third-order valence-corrected chi connectivity index (χ3v) is 5.03. The van der Waals surface area contributed by atoms with Gasteiger partial charge in [0.25, 0.3) is 0 Å². The molecular weight excluding hydrogens is 368 g/mol. The number of nitrogens with one attached hydrogen (secondary N) is 1. The first-order valence-electron chi connectivity index (χ1n) is 9.73. The van der Waals surface area contributed by atoms with Gasteiger partial charge in [-0.3, -0.25) is 0 Å². The number of imidazole rings is 1. The highest BCUT2D eigenvalue weighted by Crippen LogP contribution is 2.35. The zero-order valence-electron chi connectivity index (χ0n) is 16.1. The van der Waals surface area contributed by atoms with Crippen molar-refractivity contribution in [2.24, 2.45) is 0 Å². The first-order chi connectivity index (χ1) is 14.2. The number of nitrogens with zero attached hydrogens (tertiary/aromatic N) is 5. The number of para-hydroxylation sites is 2. The van der Waals surface area contributed by atoms with Gasteiger partial charge in [-0.2, -0.15) is 5.21 Å². The summed E-state index contributed by atoms with van der Waals surface area (Å²) in [5.41, 5.74) is 3.07. The number of aliphatic carboxylic acids is 1. The zero-order valence-corrected chi connectivity index (χ0v) is 16.1. The van der Waals surface area contributed by atoms with Crippen molar-refractivity contribution in [3.8, 4) is 22.8 Å². The fourth-order valence-electron chi connectivity index (χ4n) is 3.65. The number of carboxylic acid groups (broad SMARTS) is 1. The standard InChI is InChI=1S/C21H22N6O2/c1-2-3-4-13-18(21(28)29)27-17-12-8-7-11-16(17)22-20(27)15-10-6-5-9-14(15)19-23-25-26-24-19/h5-12,18H,2-4,13H2,1H3,(H,28,29)(H,23,24,25,26). The van der Waals surface area contributed by atoms with Gasteiger partial charge in [0.1, 0.15) is 11.9 Å². The average Bonchev–Trinajstić information content (AvgIpc) is 3.39. The Morgan fingerprint density at radius 2 is 1.86 bits per heavy atom. The van der Waals surface area contributed by atoms with Gasteiger partial charge in [-0.15, -0.1) is 10.2 Å². The Hall–Kier alpha value is -3.55. The van der Waals surface area contributed by atoms with Crippen molar-refractivity contribution in [2.45, 2.75) is 38.6 Å². The molecule has 0 saturated carbocycles. The molecule has 0 saturated heterocycles. The molecule has 8 heteroatoms. The van der Waals surface area contributed by atoms with Crippen LogP contribution in [-0.4, -0.2) is 41.3 Å². The number of unbranched alkanes of at least 4 members (excludes halogenated alkanes) is 2. The number of aromatic nitrogens is 6. The van der Waals surface area contributed by atoms with E-state index >= 15 is 0 Å². The molecule has 0 bridgehead atoms. The highest BCUT2D eigenvalue weighted by molar-refractivity contribution is 5.87. The molecule has 0 aliphatic carbocycles. The Bertz CT molecular complexity index is 1120. The van der Waals surface area contributed by atoms with E-state index in [1.165, 1.54) is 0 Å². The summed E-state index contributed by atoms with van der Waals surface area (Å²) >= 11 is 0. The maximum absolute atomic E-state index is 12.2. The number of fused-ring (bicyclic) bond motifs is 1. The minimum Gasteiger partial charge on any atom is -0.480 e. The summed E-state index contributed by atoms with van der Waals surface area (Å²) < 4.78 is 1.84. The lowest BCUT2D eigenvalue weighted by molar-refractivity contribution is -0.141. The molecule has 2 N–H and O–H groups in total. The molecule has 2 aromatic carbocycles.